The Hall–Kier alpha value is -2.54. The Morgan fingerprint density at radius 2 is 1.96 bits per heavy atom. The zero-order chi connectivity index (χ0) is 17.6. The van der Waals surface area contributed by atoms with Crippen LogP contribution in [0.4, 0.5) is 5.69 Å². The van der Waals surface area contributed by atoms with Crippen LogP contribution >= 0.6 is 11.6 Å². The van der Waals surface area contributed by atoms with Gasteiger partial charge in [-0.3, -0.25) is 13.9 Å². The minimum Gasteiger partial charge on any atom is -0.367 e. The quantitative estimate of drug-likeness (QED) is 0.780. The molecule has 0 amide bonds. The molecule has 3 rings (SSSR count). The zero-order valence-electron chi connectivity index (χ0n) is 13.9. The third kappa shape index (κ3) is 2.60. The second kappa shape index (κ2) is 5.83. The molecule has 0 radical (unpaired) electrons. The summed E-state index contributed by atoms with van der Waals surface area (Å²) in [4.78, 5) is 33.6. The summed E-state index contributed by atoms with van der Waals surface area (Å²) in [5, 5.41) is 0.695. The van der Waals surface area contributed by atoms with Crippen molar-refractivity contribution in [3.05, 3.63) is 55.4 Å². The maximum absolute atomic E-state index is 12.2. The third-order valence-corrected chi connectivity index (χ3v) is 4.53. The number of hydrogen-bond acceptors (Lipinski definition) is 4. The topological polar surface area (TPSA) is 75.9 Å². The van der Waals surface area contributed by atoms with Crippen LogP contribution in [-0.2, 0) is 20.6 Å². The van der Waals surface area contributed by atoms with E-state index in [1.807, 2.05) is 37.1 Å². The fourth-order valence-electron chi connectivity index (χ4n) is 2.58. The van der Waals surface area contributed by atoms with E-state index in [-0.39, 0.29) is 5.56 Å². The van der Waals surface area contributed by atoms with Gasteiger partial charge in [-0.05, 0) is 24.6 Å². The summed E-state index contributed by atoms with van der Waals surface area (Å²) < 4.78 is 2.42. The van der Waals surface area contributed by atoms with Crippen molar-refractivity contribution >= 4 is 28.5 Å². The number of aryl methyl sites for hydroxylation is 2. The Labute approximate surface area is 143 Å². The molecule has 0 spiro atoms. The number of hydrogen-bond donors (Lipinski definition) is 1. The summed E-state index contributed by atoms with van der Waals surface area (Å²) >= 11 is 6.17. The standard InChI is InChI=1S/C16H18ClN5O2/c1-9-5-6-10(7-11(9)17)20(2)8-12-18-13-14(19-12)21(3)16(24)22(4)15(13)23/h5-7H,8H2,1-4H3,(H,18,19). The van der Waals surface area contributed by atoms with Crippen LogP contribution in [0.1, 0.15) is 11.4 Å². The number of aromatic nitrogens is 4. The van der Waals surface area contributed by atoms with E-state index in [0.717, 1.165) is 15.8 Å². The lowest BCUT2D eigenvalue weighted by atomic mass is 10.2. The van der Waals surface area contributed by atoms with Gasteiger partial charge in [0.2, 0.25) is 0 Å². The maximum Gasteiger partial charge on any atom is 0.332 e. The number of nitrogens with one attached hydrogen (secondary N) is 1. The average molecular weight is 348 g/mol. The van der Waals surface area contributed by atoms with Gasteiger partial charge in [0.25, 0.3) is 5.56 Å². The molecule has 3 aromatic rings. The normalized spacial score (nSPS) is 11.2. The van der Waals surface area contributed by atoms with Crippen LogP contribution in [0.5, 0.6) is 0 Å². The van der Waals surface area contributed by atoms with Crippen LogP contribution in [0.15, 0.2) is 27.8 Å². The molecule has 0 aliphatic carbocycles. The maximum atomic E-state index is 12.2. The molecule has 0 bridgehead atoms. The highest BCUT2D eigenvalue weighted by molar-refractivity contribution is 6.31. The molecule has 0 saturated heterocycles. The Morgan fingerprint density at radius 1 is 1.25 bits per heavy atom. The minimum atomic E-state index is -0.399. The number of anilines is 1. The van der Waals surface area contributed by atoms with Crippen molar-refractivity contribution in [1.29, 1.82) is 0 Å². The molecule has 24 heavy (non-hydrogen) atoms. The van der Waals surface area contributed by atoms with Crippen molar-refractivity contribution in [2.75, 3.05) is 11.9 Å². The van der Waals surface area contributed by atoms with Gasteiger partial charge >= 0.3 is 5.69 Å². The lowest BCUT2D eigenvalue weighted by Crippen LogP contribution is -2.36. The molecule has 126 valence electrons. The fraction of sp³-hybridized carbons (Fsp3) is 0.312. The predicted octanol–water partition coefficient (Wildman–Crippen LogP) is 1.56. The molecule has 0 aliphatic heterocycles. The number of aromatic amines is 1. The van der Waals surface area contributed by atoms with E-state index in [1.54, 1.807) is 7.05 Å². The van der Waals surface area contributed by atoms with Crippen molar-refractivity contribution in [3.8, 4) is 0 Å². The Kier molecular flexibility index (Phi) is 3.96. The lowest BCUT2D eigenvalue weighted by Gasteiger charge is -2.18. The number of imidazole rings is 1. The van der Waals surface area contributed by atoms with Gasteiger partial charge in [0, 0.05) is 31.9 Å². The van der Waals surface area contributed by atoms with Crippen molar-refractivity contribution in [3.63, 3.8) is 0 Å². The summed E-state index contributed by atoms with van der Waals surface area (Å²) in [6, 6.07) is 5.80. The summed E-state index contributed by atoms with van der Waals surface area (Å²) in [7, 11) is 4.95. The summed E-state index contributed by atoms with van der Waals surface area (Å²) in [5.74, 6) is 0.600. The van der Waals surface area contributed by atoms with Crippen molar-refractivity contribution in [1.82, 2.24) is 19.1 Å². The van der Waals surface area contributed by atoms with E-state index in [1.165, 1.54) is 11.6 Å². The van der Waals surface area contributed by atoms with Crippen LogP contribution in [0.2, 0.25) is 5.02 Å². The Morgan fingerprint density at radius 3 is 2.62 bits per heavy atom. The Balaban J connectivity index is 2.00. The number of nitrogens with zero attached hydrogens (tertiary/aromatic N) is 4. The number of H-pyrrole nitrogens is 1. The molecule has 0 saturated carbocycles. The van der Waals surface area contributed by atoms with Crippen LogP contribution in [0, 0.1) is 6.92 Å². The van der Waals surface area contributed by atoms with Gasteiger partial charge in [0.1, 0.15) is 11.3 Å². The average Bonchev–Trinajstić information content (AvgIpc) is 2.97. The first kappa shape index (κ1) is 16.3. The van der Waals surface area contributed by atoms with E-state index in [0.29, 0.717) is 28.6 Å². The SMILES string of the molecule is Cc1ccc(N(C)Cc2nc3c([nH]2)c(=O)n(C)c(=O)n3C)cc1Cl. The van der Waals surface area contributed by atoms with Crippen LogP contribution in [0.3, 0.4) is 0 Å². The molecule has 1 aromatic carbocycles. The molecule has 0 fully saturated rings. The van der Waals surface area contributed by atoms with Crippen LogP contribution in [0.25, 0.3) is 11.2 Å². The summed E-state index contributed by atoms with van der Waals surface area (Å²) in [6.45, 7) is 2.40. The van der Waals surface area contributed by atoms with Gasteiger partial charge in [-0.25, -0.2) is 9.78 Å². The van der Waals surface area contributed by atoms with Crippen molar-refractivity contribution in [2.45, 2.75) is 13.5 Å². The summed E-state index contributed by atoms with van der Waals surface area (Å²) in [5.41, 5.74) is 1.85. The fourth-order valence-corrected chi connectivity index (χ4v) is 2.76. The predicted molar refractivity (Wildman–Crippen MR) is 94.9 cm³/mol. The molecule has 2 heterocycles. The molecule has 1 N–H and O–H groups in total. The number of fused-ring (bicyclic) bond motifs is 1. The number of benzene rings is 1. The van der Waals surface area contributed by atoms with Gasteiger partial charge in [-0.2, -0.15) is 0 Å². The largest absolute Gasteiger partial charge is 0.367 e. The van der Waals surface area contributed by atoms with Crippen LogP contribution < -0.4 is 16.1 Å². The molecule has 0 atom stereocenters. The number of halogens is 1. The van der Waals surface area contributed by atoms with E-state index in [2.05, 4.69) is 9.97 Å². The second-order valence-electron chi connectivity index (χ2n) is 5.88. The molecule has 0 aliphatic rings. The molecule has 8 heteroatoms. The first-order valence-corrected chi connectivity index (χ1v) is 7.79. The van der Waals surface area contributed by atoms with Gasteiger partial charge in [-0.15, -0.1) is 0 Å². The highest BCUT2D eigenvalue weighted by Gasteiger charge is 2.14. The van der Waals surface area contributed by atoms with Gasteiger partial charge < -0.3 is 9.88 Å². The van der Waals surface area contributed by atoms with E-state index in [9.17, 15) is 9.59 Å². The molecule has 7 nitrogen and oxygen atoms in total. The highest BCUT2D eigenvalue weighted by atomic mass is 35.5. The van der Waals surface area contributed by atoms with Crippen LogP contribution in [-0.4, -0.2) is 26.1 Å². The Bertz CT molecular complexity index is 1050. The van der Waals surface area contributed by atoms with Gasteiger partial charge in [0.05, 0.1) is 6.54 Å². The first-order chi connectivity index (χ1) is 11.3. The first-order valence-electron chi connectivity index (χ1n) is 7.41. The van der Waals surface area contributed by atoms with E-state index >= 15 is 0 Å². The van der Waals surface area contributed by atoms with Crippen molar-refractivity contribution < 1.29 is 0 Å². The molecular weight excluding hydrogens is 330 g/mol. The smallest absolute Gasteiger partial charge is 0.332 e. The third-order valence-electron chi connectivity index (χ3n) is 4.13. The number of rotatable bonds is 3. The van der Waals surface area contributed by atoms with E-state index in [4.69, 9.17) is 11.6 Å². The van der Waals surface area contributed by atoms with Gasteiger partial charge in [0.15, 0.2) is 5.65 Å². The second-order valence-corrected chi connectivity index (χ2v) is 6.28. The zero-order valence-corrected chi connectivity index (χ0v) is 14.7. The highest BCUT2D eigenvalue weighted by Crippen LogP contribution is 2.23. The van der Waals surface area contributed by atoms with Crippen molar-refractivity contribution in [2.24, 2.45) is 14.1 Å². The lowest BCUT2D eigenvalue weighted by molar-refractivity contribution is 0.708. The van der Waals surface area contributed by atoms with Gasteiger partial charge in [-0.1, -0.05) is 17.7 Å². The summed E-state index contributed by atoms with van der Waals surface area (Å²) in [6.07, 6.45) is 0. The molecule has 0 unspecified atom stereocenters. The minimum absolute atomic E-state index is 0.324. The monoisotopic (exact) mass is 347 g/mol. The molecular formula is C16H18ClN5O2. The molecule has 2 aromatic heterocycles. The van der Waals surface area contributed by atoms with E-state index < -0.39 is 5.69 Å².